The van der Waals surface area contributed by atoms with Crippen LogP contribution in [0.25, 0.3) is 6.08 Å². The van der Waals surface area contributed by atoms with E-state index in [4.69, 9.17) is 23.2 Å². The Morgan fingerprint density at radius 2 is 1.97 bits per heavy atom. The number of nitrogens with zero attached hydrogens (tertiary/aromatic N) is 1. The molecule has 3 rings (SSSR count). The topological polar surface area (TPSA) is 98.7 Å². The zero-order valence-corrected chi connectivity index (χ0v) is 16.8. The van der Waals surface area contributed by atoms with Gasteiger partial charge in [0.1, 0.15) is 18.0 Å². The molecule has 4 amide bonds. The Bertz CT molecular complexity index is 1040. The van der Waals surface area contributed by atoms with Gasteiger partial charge in [0.15, 0.2) is 0 Å². The average Bonchev–Trinajstić information content (AvgIpc) is 2.93. The van der Waals surface area contributed by atoms with Crippen molar-refractivity contribution in [3.63, 3.8) is 0 Å². The standard InChI is InChI=1S/C20H17Cl2N3O4/c1-2-11-5-3-4-6-15(11)23-17(26)10-25-19(28)16(24-20(25)29)8-12-7-13(21)9-14(22)18(12)27/h3-9,27H,2,10H2,1H3,(H,23,26)(H,24,29)/b16-8+. The Morgan fingerprint density at radius 1 is 1.24 bits per heavy atom. The molecular weight excluding hydrogens is 417 g/mol. The number of para-hydroxylation sites is 1. The normalized spacial score (nSPS) is 15.0. The highest BCUT2D eigenvalue weighted by molar-refractivity contribution is 6.36. The largest absolute Gasteiger partial charge is 0.506 e. The van der Waals surface area contributed by atoms with Crippen LogP contribution in [0.5, 0.6) is 5.75 Å². The number of benzene rings is 2. The summed E-state index contributed by atoms with van der Waals surface area (Å²) in [6.45, 7) is 1.50. The zero-order chi connectivity index (χ0) is 21.1. The van der Waals surface area contributed by atoms with Crippen LogP contribution in [-0.4, -0.2) is 34.4 Å². The first-order valence-electron chi connectivity index (χ1n) is 8.70. The number of carbonyl (C=O) groups excluding carboxylic acids is 3. The number of aromatic hydroxyl groups is 1. The highest BCUT2D eigenvalue weighted by Gasteiger charge is 2.35. The highest BCUT2D eigenvalue weighted by atomic mass is 35.5. The number of halogens is 2. The quantitative estimate of drug-likeness (QED) is 0.493. The molecule has 0 radical (unpaired) electrons. The number of phenolic OH excluding ortho intramolecular Hbond substituents is 1. The lowest BCUT2D eigenvalue weighted by Gasteiger charge is -2.13. The minimum atomic E-state index is -0.743. The van der Waals surface area contributed by atoms with Crippen LogP contribution in [0.15, 0.2) is 42.1 Å². The SMILES string of the molecule is CCc1ccccc1NC(=O)CN1C(=O)N/C(=C/c2cc(Cl)cc(Cl)c2O)C1=O. The molecule has 0 aliphatic carbocycles. The number of hydrogen-bond acceptors (Lipinski definition) is 4. The fourth-order valence-corrected chi connectivity index (χ4v) is 3.36. The van der Waals surface area contributed by atoms with E-state index < -0.39 is 24.4 Å². The molecular formula is C20H17Cl2N3O4. The molecule has 1 heterocycles. The first kappa shape index (κ1) is 20.7. The third kappa shape index (κ3) is 4.52. The maximum atomic E-state index is 12.6. The van der Waals surface area contributed by atoms with E-state index in [1.165, 1.54) is 18.2 Å². The number of carbonyl (C=O) groups is 3. The van der Waals surface area contributed by atoms with Crippen molar-refractivity contribution in [1.29, 1.82) is 0 Å². The van der Waals surface area contributed by atoms with Gasteiger partial charge in [-0.25, -0.2) is 9.69 Å². The summed E-state index contributed by atoms with van der Waals surface area (Å²) in [7, 11) is 0. The molecule has 1 aliphatic rings. The van der Waals surface area contributed by atoms with Crippen LogP contribution >= 0.6 is 23.2 Å². The number of nitrogens with one attached hydrogen (secondary N) is 2. The van der Waals surface area contributed by atoms with Crippen molar-refractivity contribution >= 4 is 52.8 Å². The lowest BCUT2D eigenvalue weighted by Crippen LogP contribution is -2.38. The number of amides is 4. The third-order valence-corrected chi connectivity index (χ3v) is 4.80. The summed E-state index contributed by atoms with van der Waals surface area (Å²) < 4.78 is 0. The van der Waals surface area contributed by atoms with E-state index in [2.05, 4.69) is 10.6 Å². The summed E-state index contributed by atoms with van der Waals surface area (Å²) in [5, 5.41) is 15.4. The molecule has 1 saturated heterocycles. The van der Waals surface area contributed by atoms with Crippen LogP contribution in [0, 0.1) is 0 Å². The van der Waals surface area contributed by atoms with Crippen molar-refractivity contribution < 1.29 is 19.5 Å². The summed E-state index contributed by atoms with van der Waals surface area (Å²) in [6.07, 6.45) is 1.97. The second kappa shape index (κ2) is 8.55. The molecule has 3 N–H and O–H groups in total. The molecule has 0 bridgehead atoms. The minimum Gasteiger partial charge on any atom is -0.506 e. The van der Waals surface area contributed by atoms with Crippen molar-refractivity contribution in [2.24, 2.45) is 0 Å². The van der Waals surface area contributed by atoms with Crippen LogP contribution in [0.2, 0.25) is 10.0 Å². The minimum absolute atomic E-state index is 0.00643. The first-order valence-corrected chi connectivity index (χ1v) is 9.46. The Morgan fingerprint density at radius 3 is 2.69 bits per heavy atom. The molecule has 2 aromatic rings. The van der Waals surface area contributed by atoms with E-state index in [1.807, 2.05) is 19.1 Å². The lowest BCUT2D eigenvalue weighted by atomic mass is 10.1. The van der Waals surface area contributed by atoms with E-state index in [-0.39, 0.29) is 27.1 Å². The molecule has 0 saturated carbocycles. The molecule has 150 valence electrons. The molecule has 2 aromatic carbocycles. The molecule has 9 heteroatoms. The van der Waals surface area contributed by atoms with Crippen molar-refractivity contribution in [3.05, 3.63) is 63.3 Å². The second-order valence-corrected chi connectivity index (χ2v) is 7.11. The van der Waals surface area contributed by atoms with E-state index >= 15 is 0 Å². The Hall–Kier alpha value is -3.03. The van der Waals surface area contributed by atoms with Crippen LogP contribution < -0.4 is 10.6 Å². The van der Waals surface area contributed by atoms with Crippen LogP contribution in [-0.2, 0) is 16.0 Å². The van der Waals surface area contributed by atoms with Gasteiger partial charge in [0.25, 0.3) is 5.91 Å². The first-order chi connectivity index (χ1) is 13.8. The number of anilines is 1. The van der Waals surface area contributed by atoms with Crippen LogP contribution in [0.1, 0.15) is 18.1 Å². The Kier molecular flexibility index (Phi) is 6.10. The highest BCUT2D eigenvalue weighted by Crippen LogP contribution is 2.33. The van der Waals surface area contributed by atoms with Gasteiger partial charge in [-0.05, 0) is 36.3 Å². The lowest BCUT2D eigenvalue weighted by molar-refractivity contribution is -0.127. The van der Waals surface area contributed by atoms with Crippen molar-refractivity contribution in [1.82, 2.24) is 10.2 Å². The summed E-state index contributed by atoms with van der Waals surface area (Å²) in [5.41, 5.74) is 1.62. The third-order valence-electron chi connectivity index (χ3n) is 4.29. The van der Waals surface area contributed by atoms with Gasteiger partial charge in [-0.2, -0.15) is 0 Å². The predicted molar refractivity (Wildman–Crippen MR) is 111 cm³/mol. The van der Waals surface area contributed by atoms with E-state index in [9.17, 15) is 19.5 Å². The average molecular weight is 434 g/mol. The Balaban J connectivity index is 1.76. The fraction of sp³-hybridized carbons (Fsp3) is 0.150. The predicted octanol–water partition coefficient (Wildman–Crippen LogP) is 3.79. The van der Waals surface area contributed by atoms with Gasteiger partial charge in [0.05, 0.1) is 5.02 Å². The smallest absolute Gasteiger partial charge is 0.329 e. The van der Waals surface area contributed by atoms with Gasteiger partial charge in [-0.15, -0.1) is 0 Å². The zero-order valence-electron chi connectivity index (χ0n) is 15.3. The van der Waals surface area contributed by atoms with Crippen molar-refractivity contribution in [2.45, 2.75) is 13.3 Å². The second-order valence-electron chi connectivity index (χ2n) is 6.26. The number of phenols is 1. The van der Waals surface area contributed by atoms with E-state index in [1.54, 1.807) is 12.1 Å². The summed E-state index contributed by atoms with van der Waals surface area (Å²) in [4.78, 5) is 37.9. The number of hydrogen-bond donors (Lipinski definition) is 3. The van der Waals surface area contributed by atoms with Crippen LogP contribution in [0.3, 0.4) is 0 Å². The van der Waals surface area contributed by atoms with Gasteiger partial charge in [0.2, 0.25) is 5.91 Å². The monoisotopic (exact) mass is 433 g/mol. The summed E-state index contributed by atoms with van der Waals surface area (Å²) >= 11 is 11.8. The van der Waals surface area contributed by atoms with E-state index in [0.29, 0.717) is 5.69 Å². The fourth-order valence-electron chi connectivity index (χ4n) is 2.85. The maximum Gasteiger partial charge on any atom is 0.329 e. The Labute approximate surface area is 176 Å². The van der Waals surface area contributed by atoms with Gasteiger partial charge >= 0.3 is 6.03 Å². The van der Waals surface area contributed by atoms with Crippen LogP contribution in [0.4, 0.5) is 10.5 Å². The molecule has 1 aliphatic heterocycles. The number of urea groups is 1. The van der Waals surface area contributed by atoms with Gasteiger partial charge in [0, 0.05) is 16.3 Å². The maximum absolute atomic E-state index is 12.6. The van der Waals surface area contributed by atoms with Crippen molar-refractivity contribution in [2.75, 3.05) is 11.9 Å². The summed E-state index contributed by atoms with van der Waals surface area (Å²) in [6, 6.07) is 9.28. The molecule has 7 nitrogen and oxygen atoms in total. The van der Waals surface area contributed by atoms with Crippen molar-refractivity contribution in [3.8, 4) is 5.75 Å². The van der Waals surface area contributed by atoms with Gasteiger partial charge < -0.3 is 15.7 Å². The number of aryl methyl sites for hydroxylation is 1. The van der Waals surface area contributed by atoms with Gasteiger partial charge in [-0.3, -0.25) is 9.59 Å². The number of rotatable bonds is 5. The molecule has 29 heavy (non-hydrogen) atoms. The number of imide groups is 1. The molecule has 0 unspecified atom stereocenters. The van der Waals surface area contributed by atoms with E-state index in [0.717, 1.165) is 16.9 Å². The summed E-state index contributed by atoms with van der Waals surface area (Å²) in [5.74, 6) is -1.49. The molecule has 0 spiro atoms. The molecule has 1 fully saturated rings. The van der Waals surface area contributed by atoms with Gasteiger partial charge in [-0.1, -0.05) is 48.3 Å². The molecule has 0 aromatic heterocycles. The molecule has 0 atom stereocenters.